The zero-order valence-electron chi connectivity index (χ0n) is 17.9. The quantitative estimate of drug-likeness (QED) is 0.553. The van der Waals surface area contributed by atoms with Crippen LogP contribution in [0.1, 0.15) is 43.7 Å². The number of fused-ring (bicyclic) bond motifs is 1. The predicted octanol–water partition coefficient (Wildman–Crippen LogP) is 4.19. The molecule has 0 spiro atoms. The Bertz CT molecular complexity index is 968. The number of alkyl halides is 3. The van der Waals surface area contributed by atoms with Crippen LogP contribution >= 0.6 is 0 Å². The second kappa shape index (κ2) is 8.99. The molecule has 0 saturated heterocycles. The molecule has 6 nitrogen and oxygen atoms in total. The molecule has 4 rings (SSSR count). The largest absolute Gasteiger partial charge is 0.573 e. The smallest absolute Gasteiger partial charge is 0.405 e. The molecule has 1 aliphatic heterocycles. The van der Waals surface area contributed by atoms with Gasteiger partial charge >= 0.3 is 6.36 Å². The van der Waals surface area contributed by atoms with Gasteiger partial charge in [0.05, 0.1) is 6.04 Å². The van der Waals surface area contributed by atoms with E-state index in [2.05, 4.69) is 20.7 Å². The molecule has 1 heterocycles. The highest BCUT2D eigenvalue weighted by Crippen LogP contribution is 2.29. The summed E-state index contributed by atoms with van der Waals surface area (Å²) in [6, 6.07) is 14.5. The average molecular weight is 448 g/mol. The van der Waals surface area contributed by atoms with Gasteiger partial charge in [0.1, 0.15) is 11.4 Å². The summed E-state index contributed by atoms with van der Waals surface area (Å²) in [5.41, 5.74) is 8.15. The van der Waals surface area contributed by atoms with Gasteiger partial charge in [-0.15, -0.1) is 13.2 Å². The molecule has 9 heteroatoms. The summed E-state index contributed by atoms with van der Waals surface area (Å²) in [4.78, 5) is 4.84. The maximum Gasteiger partial charge on any atom is 0.573 e. The number of aliphatic imine (C=N–C) groups is 1. The van der Waals surface area contributed by atoms with E-state index in [1.54, 1.807) is 12.1 Å². The van der Waals surface area contributed by atoms with Crippen molar-refractivity contribution < 1.29 is 17.9 Å². The SMILES string of the molecule is CC1(N)NC(=NC2CCC(NCc3ccccc3OC(F)(F)F)CC2)Nc2ccccc21. The highest BCUT2D eigenvalue weighted by Gasteiger charge is 2.33. The van der Waals surface area contributed by atoms with E-state index in [-0.39, 0.29) is 17.8 Å². The van der Waals surface area contributed by atoms with Crippen LogP contribution in [0, 0.1) is 0 Å². The van der Waals surface area contributed by atoms with Gasteiger partial charge in [-0.1, -0.05) is 36.4 Å². The Morgan fingerprint density at radius 1 is 1.09 bits per heavy atom. The maximum atomic E-state index is 12.6. The Balaban J connectivity index is 1.31. The van der Waals surface area contributed by atoms with Crippen molar-refractivity contribution in [3.63, 3.8) is 0 Å². The highest BCUT2D eigenvalue weighted by molar-refractivity contribution is 5.97. The summed E-state index contributed by atoms with van der Waals surface area (Å²) in [6.07, 6.45) is -1.16. The van der Waals surface area contributed by atoms with Gasteiger partial charge in [0.25, 0.3) is 0 Å². The number of benzene rings is 2. The van der Waals surface area contributed by atoms with Crippen LogP contribution in [0.15, 0.2) is 53.5 Å². The fraction of sp³-hybridized carbons (Fsp3) is 0.435. The Labute approximate surface area is 185 Å². The van der Waals surface area contributed by atoms with Crippen LogP contribution in [0.2, 0.25) is 0 Å². The van der Waals surface area contributed by atoms with Crippen molar-refractivity contribution in [3.05, 3.63) is 59.7 Å². The molecule has 2 aromatic carbocycles. The number of hydrogen-bond donors (Lipinski definition) is 4. The van der Waals surface area contributed by atoms with Gasteiger partial charge in [0.2, 0.25) is 0 Å². The molecule has 2 aromatic rings. The molecular weight excluding hydrogens is 419 g/mol. The third-order valence-corrected chi connectivity index (χ3v) is 5.91. The average Bonchev–Trinajstić information content (AvgIpc) is 2.73. The lowest BCUT2D eigenvalue weighted by Gasteiger charge is -2.36. The van der Waals surface area contributed by atoms with Gasteiger partial charge in [0.15, 0.2) is 5.96 Å². The first-order valence-electron chi connectivity index (χ1n) is 10.8. The van der Waals surface area contributed by atoms with Crippen LogP contribution in [0.4, 0.5) is 18.9 Å². The van der Waals surface area contributed by atoms with Crippen molar-refractivity contribution in [1.29, 1.82) is 0 Å². The standard InChI is InChI=1S/C23H28F3N5O/c1-22(27)18-7-3-4-8-19(18)30-21(31-22)29-17-12-10-16(11-13-17)28-14-15-6-2-5-9-20(15)32-23(24,25)26/h2-9,16-17,28H,10-14,27H2,1H3,(H2,29,30,31). The van der Waals surface area contributed by atoms with E-state index in [1.165, 1.54) is 12.1 Å². The molecule has 0 radical (unpaired) electrons. The van der Waals surface area contributed by atoms with Crippen molar-refractivity contribution in [1.82, 2.24) is 10.6 Å². The van der Waals surface area contributed by atoms with Crippen LogP contribution in [-0.2, 0) is 12.2 Å². The normalized spacial score (nSPS) is 26.7. The lowest BCUT2D eigenvalue weighted by atomic mass is 9.91. The van der Waals surface area contributed by atoms with Gasteiger partial charge in [0, 0.05) is 29.4 Å². The van der Waals surface area contributed by atoms with Crippen LogP contribution in [0.25, 0.3) is 0 Å². The van der Waals surface area contributed by atoms with E-state index in [0.717, 1.165) is 36.9 Å². The number of ether oxygens (including phenoxy) is 1. The molecule has 1 saturated carbocycles. The molecule has 0 bridgehead atoms. The van der Waals surface area contributed by atoms with Crippen molar-refractivity contribution in [3.8, 4) is 5.75 Å². The molecule has 2 aliphatic rings. The number of nitrogens with zero attached hydrogens (tertiary/aromatic N) is 1. The number of hydrogen-bond acceptors (Lipinski definition) is 4. The fourth-order valence-corrected chi connectivity index (χ4v) is 4.30. The van der Waals surface area contributed by atoms with Crippen molar-refractivity contribution in [2.75, 3.05) is 5.32 Å². The maximum absolute atomic E-state index is 12.6. The van der Waals surface area contributed by atoms with E-state index >= 15 is 0 Å². The predicted molar refractivity (Wildman–Crippen MR) is 118 cm³/mol. The molecule has 1 atom stereocenters. The topological polar surface area (TPSA) is 83.7 Å². The molecule has 172 valence electrons. The minimum Gasteiger partial charge on any atom is -0.405 e. The molecule has 1 fully saturated rings. The molecule has 0 aromatic heterocycles. The first-order chi connectivity index (χ1) is 15.2. The molecule has 5 N–H and O–H groups in total. The first-order valence-corrected chi connectivity index (χ1v) is 10.8. The fourth-order valence-electron chi connectivity index (χ4n) is 4.30. The zero-order chi connectivity index (χ0) is 22.8. The Morgan fingerprint density at radius 2 is 1.78 bits per heavy atom. The third kappa shape index (κ3) is 5.52. The van der Waals surface area contributed by atoms with E-state index < -0.39 is 12.0 Å². The summed E-state index contributed by atoms with van der Waals surface area (Å²) in [7, 11) is 0. The van der Waals surface area contributed by atoms with Gasteiger partial charge in [-0.25, -0.2) is 4.99 Å². The van der Waals surface area contributed by atoms with E-state index in [1.807, 2.05) is 31.2 Å². The number of halogens is 3. The summed E-state index contributed by atoms with van der Waals surface area (Å²) in [6.45, 7) is 2.24. The Kier molecular flexibility index (Phi) is 6.30. The molecule has 1 unspecified atom stereocenters. The first kappa shape index (κ1) is 22.4. The van der Waals surface area contributed by atoms with E-state index in [4.69, 9.17) is 10.7 Å². The molecule has 0 amide bonds. The number of rotatable bonds is 5. The minimum atomic E-state index is -4.70. The zero-order valence-corrected chi connectivity index (χ0v) is 17.9. The van der Waals surface area contributed by atoms with Crippen LogP contribution in [-0.4, -0.2) is 24.4 Å². The Morgan fingerprint density at radius 3 is 2.53 bits per heavy atom. The number of para-hydroxylation sites is 2. The van der Waals surface area contributed by atoms with E-state index in [9.17, 15) is 13.2 Å². The third-order valence-electron chi connectivity index (χ3n) is 5.91. The number of nitrogens with one attached hydrogen (secondary N) is 3. The Hall–Kier alpha value is -2.78. The second-order valence-corrected chi connectivity index (χ2v) is 8.52. The number of nitrogens with two attached hydrogens (primary N) is 1. The minimum absolute atomic E-state index is 0.157. The van der Waals surface area contributed by atoms with Crippen molar-refractivity contribution in [2.45, 2.75) is 63.3 Å². The van der Waals surface area contributed by atoms with Crippen LogP contribution < -0.4 is 26.4 Å². The summed E-state index contributed by atoms with van der Waals surface area (Å²) in [5.74, 6) is 0.510. The van der Waals surface area contributed by atoms with Gasteiger partial charge in [-0.3, -0.25) is 0 Å². The van der Waals surface area contributed by atoms with Crippen molar-refractivity contribution in [2.24, 2.45) is 10.7 Å². The lowest BCUT2D eigenvalue weighted by Crippen LogP contribution is -2.56. The van der Waals surface area contributed by atoms with Gasteiger partial charge in [-0.2, -0.15) is 0 Å². The highest BCUT2D eigenvalue weighted by atomic mass is 19.4. The summed E-state index contributed by atoms with van der Waals surface area (Å²) < 4.78 is 42.0. The number of guanidine groups is 1. The monoisotopic (exact) mass is 447 g/mol. The van der Waals surface area contributed by atoms with Crippen molar-refractivity contribution >= 4 is 11.6 Å². The van der Waals surface area contributed by atoms with E-state index in [0.29, 0.717) is 18.1 Å². The van der Waals surface area contributed by atoms with Crippen LogP contribution in [0.3, 0.4) is 0 Å². The number of anilines is 1. The van der Waals surface area contributed by atoms with Gasteiger partial charge in [-0.05, 0) is 44.7 Å². The lowest BCUT2D eigenvalue weighted by molar-refractivity contribution is -0.274. The second-order valence-electron chi connectivity index (χ2n) is 8.52. The molecule has 1 aliphatic carbocycles. The summed E-state index contributed by atoms with van der Waals surface area (Å²) in [5, 5.41) is 9.96. The summed E-state index contributed by atoms with van der Waals surface area (Å²) >= 11 is 0. The van der Waals surface area contributed by atoms with Gasteiger partial charge < -0.3 is 26.4 Å². The molecular formula is C23H28F3N5O. The van der Waals surface area contributed by atoms with Crippen LogP contribution in [0.5, 0.6) is 5.75 Å². The molecule has 32 heavy (non-hydrogen) atoms.